The van der Waals surface area contributed by atoms with Gasteiger partial charge in [0.2, 0.25) is 0 Å². The van der Waals surface area contributed by atoms with Crippen LogP contribution < -0.4 is 0 Å². The van der Waals surface area contributed by atoms with Gasteiger partial charge in [-0.3, -0.25) is 4.79 Å². The normalized spacial score (nSPS) is 13.8. The average Bonchev–Trinajstić information content (AvgIpc) is 2.18. The predicted octanol–water partition coefficient (Wildman–Crippen LogP) is 3.13. The van der Waals surface area contributed by atoms with E-state index in [-0.39, 0.29) is 30.7 Å². The van der Waals surface area contributed by atoms with E-state index in [4.69, 9.17) is 0 Å². The van der Waals surface area contributed by atoms with E-state index in [0.717, 1.165) is 12.0 Å². The van der Waals surface area contributed by atoms with Gasteiger partial charge in [-0.2, -0.15) is 35.9 Å². The van der Waals surface area contributed by atoms with E-state index in [0.29, 0.717) is 6.42 Å². The molecular formula is C13H17ORh-. The molecule has 85 valence electrons. The number of rotatable bonds is 4. The first-order chi connectivity index (χ1) is 6.58. The van der Waals surface area contributed by atoms with Crippen molar-refractivity contribution in [3.8, 4) is 0 Å². The maximum atomic E-state index is 11.2. The first-order valence-corrected chi connectivity index (χ1v) is 5.05. The minimum atomic E-state index is -0.0485. The predicted molar refractivity (Wildman–Crippen MR) is 58.2 cm³/mol. The molecular weight excluding hydrogens is 275 g/mol. The topological polar surface area (TPSA) is 17.1 Å². The molecule has 1 aromatic rings. The summed E-state index contributed by atoms with van der Waals surface area (Å²) < 4.78 is 0. The van der Waals surface area contributed by atoms with Crippen LogP contribution in [-0.4, -0.2) is 5.78 Å². The van der Waals surface area contributed by atoms with Crippen LogP contribution in [0.2, 0.25) is 0 Å². The van der Waals surface area contributed by atoms with Gasteiger partial charge >= 0.3 is 0 Å². The van der Waals surface area contributed by atoms with Crippen molar-refractivity contribution < 1.29 is 24.3 Å². The second kappa shape index (κ2) is 6.17. The van der Waals surface area contributed by atoms with Crippen molar-refractivity contribution in [1.29, 1.82) is 0 Å². The number of carbonyl (C=O) groups excluding carboxylic acids is 1. The van der Waals surface area contributed by atoms with Crippen molar-refractivity contribution in [3.63, 3.8) is 0 Å². The largest absolute Gasteiger partial charge is 0.300 e. The van der Waals surface area contributed by atoms with Crippen LogP contribution in [0.3, 0.4) is 0 Å². The molecule has 0 saturated carbocycles. The molecule has 0 aliphatic rings. The third kappa shape index (κ3) is 3.87. The Bertz CT molecular complexity index is 308. The molecule has 0 saturated heterocycles. The number of hydrogen-bond donors (Lipinski definition) is 0. The Labute approximate surface area is 105 Å². The van der Waals surface area contributed by atoms with Crippen molar-refractivity contribution in [2.24, 2.45) is 0 Å². The van der Waals surface area contributed by atoms with Crippen molar-refractivity contribution >= 4 is 5.78 Å². The molecule has 1 rings (SSSR count). The van der Waals surface area contributed by atoms with Gasteiger partial charge in [0.1, 0.15) is 5.78 Å². The molecule has 0 bridgehead atoms. The van der Waals surface area contributed by atoms with E-state index in [1.165, 1.54) is 0 Å². The smallest absolute Gasteiger partial charge is 0.130 e. The standard InChI is InChI=1S/C13H17O.Rh/c1-4-13(3,10-11(2)14)12-8-6-5-7-9-12;/h5-8H,4,10H2,1-3H3;/q-1;/t13-;/m1./s1. The summed E-state index contributed by atoms with van der Waals surface area (Å²) in [5.74, 6) is 0.242. The first kappa shape index (κ1) is 14.5. The fourth-order valence-corrected chi connectivity index (χ4v) is 1.73. The number of Topliss-reactive ketones (excluding diaryl/α,β-unsaturated/α-hetero) is 1. The summed E-state index contributed by atoms with van der Waals surface area (Å²) in [6, 6.07) is 11.1. The fraction of sp³-hybridized carbons (Fsp3) is 0.462. The Morgan fingerprint density at radius 3 is 2.53 bits per heavy atom. The van der Waals surface area contributed by atoms with Crippen LogP contribution in [0.1, 0.15) is 39.2 Å². The molecule has 0 N–H and O–H groups in total. The third-order valence-electron chi connectivity index (χ3n) is 2.78. The van der Waals surface area contributed by atoms with E-state index in [2.05, 4.69) is 19.9 Å². The molecule has 1 radical (unpaired) electrons. The van der Waals surface area contributed by atoms with E-state index in [1.807, 2.05) is 24.3 Å². The number of hydrogen-bond acceptors (Lipinski definition) is 1. The molecule has 0 heterocycles. The Kier molecular flexibility index (Phi) is 5.97. The van der Waals surface area contributed by atoms with Gasteiger partial charge < -0.3 is 0 Å². The minimum Gasteiger partial charge on any atom is -0.300 e. The van der Waals surface area contributed by atoms with Gasteiger partial charge in [0.05, 0.1) is 0 Å². The summed E-state index contributed by atoms with van der Waals surface area (Å²) in [5, 5.41) is 0. The van der Waals surface area contributed by atoms with Crippen molar-refractivity contribution in [2.75, 3.05) is 0 Å². The molecule has 1 atom stereocenters. The maximum absolute atomic E-state index is 11.2. The van der Waals surface area contributed by atoms with Crippen LogP contribution >= 0.6 is 0 Å². The summed E-state index contributed by atoms with van der Waals surface area (Å²) in [7, 11) is 0. The van der Waals surface area contributed by atoms with Crippen molar-refractivity contribution in [2.45, 2.75) is 39.0 Å². The van der Waals surface area contributed by atoms with Crippen LogP contribution in [0.4, 0.5) is 0 Å². The average molecular weight is 292 g/mol. The molecule has 1 aromatic carbocycles. The molecule has 2 heteroatoms. The van der Waals surface area contributed by atoms with Gasteiger partial charge in [-0.05, 0) is 18.8 Å². The first-order valence-electron chi connectivity index (χ1n) is 5.05. The van der Waals surface area contributed by atoms with Crippen molar-refractivity contribution in [1.82, 2.24) is 0 Å². The van der Waals surface area contributed by atoms with Gasteiger partial charge in [-0.1, -0.05) is 13.8 Å². The summed E-state index contributed by atoms with van der Waals surface area (Å²) in [5.41, 5.74) is 1.09. The van der Waals surface area contributed by atoms with Gasteiger partial charge in [0.15, 0.2) is 0 Å². The maximum Gasteiger partial charge on any atom is 0.130 e. The second-order valence-corrected chi connectivity index (χ2v) is 4.07. The number of carbonyl (C=O) groups is 1. The van der Waals surface area contributed by atoms with Crippen LogP contribution in [0.15, 0.2) is 24.3 Å². The minimum absolute atomic E-state index is 0. The zero-order chi connectivity index (χ0) is 10.6. The molecule has 0 fully saturated rings. The summed E-state index contributed by atoms with van der Waals surface area (Å²) in [4.78, 5) is 11.2. The SMILES string of the molecule is CC[C@](C)(CC(C)=O)c1[c-]cccc1.[Rh]. The van der Waals surface area contributed by atoms with E-state index in [1.54, 1.807) is 6.92 Å². The summed E-state index contributed by atoms with van der Waals surface area (Å²) >= 11 is 0. The van der Waals surface area contributed by atoms with Crippen LogP contribution in [-0.2, 0) is 29.7 Å². The number of ketones is 1. The summed E-state index contributed by atoms with van der Waals surface area (Å²) in [6.07, 6.45) is 1.57. The molecule has 1 nitrogen and oxygen atoms in total. The fourth-order valence-electron chi connectivity index (χ4n) is 1.73. The summed E-state index contributed by atoms with van der Waals surface area (Å²) in [6.45, 7) is 5.89. The Morgan fingerprint density at radius 2 is 2.13 bits per heavy atom. The van der Waals surface area contributed by atoms with Gasteiger partial charge in [0, 0.05) is 25.9 Å². The van der Waals surface area contributed by atoms with E-state index < -0.39 is 0 Å². The molecule has 0 aliphatic heterocycles. The van der Waals surface area contributed by atoms with E-state index >= 15 is 0 Å². The van der Waals surface area contributed by atoms with Crippen molar-refractivity contribution in [3.05, 3.63) is 35.9 Å². The Hall–Kier alpha value is -0.487. The molecule has 0 spiro atoms. The Balaban J connectivity index is 0.00000196. The molecule has 0 aliphatic carbocycles. The second-order valence-electron chi connectivity index (χ2n) is 4.07. The Morgan fingerprint density at radius 1 is 1.47 bits per heavy atom. The zero-order valence-corrected chi connectivity index (χ0v) is 11.1. The van der Waals surface area contributed by atoms with Gasteiger partial charge in [-0.25, -0.2) is 0 Å². The van der Waals surface area contributed by atoms with Crippen LogP contribution in [0, 0.1) is 6.07 Å². The van der Waals surface area contributed by atoms with Gasteiger partial charge in [0.25, 0.3) is 0 Å². The zero-order valence-electron chi connectivity index (χ0n) is 9.47. The quantitative estimate of drug-likeness (QED) is 0.615. The van der Waals surface area contributed by atoms with E-state index in [9.17, 15) is 4.79 Å². The molecule has 0 amide bonds. The third-order valence-corrected chi connectivity index (χ3v) is 2.78. The van der Waals surface area contributed by atoms with Gasteiger partial charge in [-0.15, -0.1) is 0 Å². The van der Waals surface area contributed by atoms with Crippen LogP contribution in [0.25, 0.3) is 0 Å². The molecule has 0 aromatic heterocycles. The number of benzene rings is 1. The monoisotopic (exact) mass is 292 g/mol. The van der Waals surface area contributed by atoms with Crippen LogP contribution in [0.5, 0.6) is 0 Å². The molecule has 15 heavy (non-hydrogen) atoms. The molecule has 0 unspecified atom stereocenters.